The summed E-state index contributed by atoms with van der Waals surface area (Å²) in [7, 11) is 1.57. The average molecular weight is 438 g/mol. The number of rotatable bonds is 10. The van der Waals surface area contributed by atoms with Gasteiger partial charge in [0.05, 0.1) is 18.4 Å². The summed E-state index contributed by atoms with van der Waals surface area (Å²) in [4.78, 5) is 47.8. The fraction of sp³-hybridized carbons (Fsp3) is 0.217. The van der Waals surface area contributed by atoms with E-state index in [1.54, 1.807) is 55.7 Å². The van der Waals surface area contributed by atoms with Gasteiger partial charge in [0.15, 0.2) is 0 Å². The molecule has 168 valence electrons. The summed E-state index contributed by atoms with van der Waals surface area (Å²) < 4.78 is 5.08. The molecule has 2 rings (SSSR count). The number of carbonyl (C=O) groups is 4. The Morgan fingerprint density at radius 1 is 1.06 bits per heavy atom. The maximum absolute atomic E-state index is 12.5. The third-order valence-electron chi connectivity index (χ3n) is 4.38. The smallest absolute Gasteiger partial charge is 0.253 e. The van der Waals surface area contributed by atoms with Crippen LogP contribution in [0.1, 0.15) is 29.3 Å². The van der Waals surface area contributed by atoms with Crippen molar-refractivity contribution in [1.29, 1.82) is 0 Å². The van der Waals surface area contributed by atoms with E-state index in [4.69, 9.17) is 10.5 Å². The van der Waals surface area contributed by atoms with Gasteiger partial charge in [-0.3, -0.25) is 19.2 Å². The summed E-state index contributed by atoms with van der Waals surface area (Å²) in [5, 5.41) is 7.78. The summed E-state index contributed by atoms with van der Waals surface area (Å²) in [6.07, 6.45) is 2.95. The number of primary amides is 1. The van der Waals surface area contributed by atoms with Crippen molar-refractivity contribution in [3.8, 4) is 5.75 Å². The van der Waals surface area contributed by atoms with Crippen LogP contribution in [-0.2, 0) is 14.4 Å². The third kappa shape index (κ3) is 7.60. The molecule has 0 radical (unpaired) electrons. The normalized spacial score (nSPS) is 11.4. The van der Waals surface area contributed by atoms with Gasteiger partial charge in [0.2, 0.25) is 17.7 Å². The monoisotopic (exact) mass is 438 g/mol. The largest absolute Gasteiger partial charge is 0.497 e. The van der Waals surface area contributed by atoms with E-state index >= 15 is 0 Å². The van der Waals surface area contributed by atoms with Crippen LogP contribution >= 0.6 is 0 Å². The van der Waals surface area contributed by atoms with Crippen molar-refractivity contribution in [3.63, 3.8) is 0 Å². The van der Waals surface area contributed by atoms with Crippen LogP contribution in [-0.4, -0.2) is 43.3 Å². The first-order valence-electron chi connectivity index (χ1n) is 9.89. The molecule has 0 spiro atoms. The van der Waals surface area contributed by atoms with Gasteiger partial charge in [0, 0.05) is 19.0 Å². The lowest BCUT2D eigenvalue weighted by Gasteiger charge is -2.15. The van der Waals surface area contributed by atoms with Crippen LogP contribution in [0.5, 0.6) is 5.75 Å². The molecule has 5 N–H and O–H groups in total. The molecule has 0 heterocycles. The quantitative estimate of drug-likeness (QED) is 0.416. The fourth-order valence-corrected chi connectivity index (χ4v) is 2.64. The molecule has 1 atom stereocenters. The highest BCUT2D eigenvalue weighted by Crippen LogP contribution is 2.15. The number of carbonyl (C=O) groups excluding carboxylic acids is 4. The number of nitrogens with one attached hydrogen (secondary N) is 3. The van der Waals surface area contributed by atoms with E-state index in [1.165, 1.54) is 19.1 Å². The van der Waals surface area contributed by atoms with Crippen LogP contribution < -0.4 is 26.4 Å². The maximum atomic E-state index is 12.5. The number of ether oxygens (including phenoxy) is 1. The molecule has 0 aromatic heterocycles. The minimum absolute atomic E-state index is 0.00732. The number of nitrogens with two attached hydrogens (primary N) is 1. The van der Waals surface area contributed by atoms with Gasteiger partial charge in [0.1, 0.15) is 11.8 Å². The third-order valence-corrected chi connectivity index (χ3v) is 4.38. The number of anilines is 1. The molecular weight excluding hydrogens is 412 g/mol. The van der Waals surface area contributed by atoms with Crippen LogP contribution in [0.2, 0.25) is 0 Å². The van der Waals surface area contributed by atoms with Gasteiger partial charge >= 0.3 is 0 Å². The molecule has 2 aromatic carbocycles. The van der Waals surface area contributed by atoms with Gasteiger partial charge in [-0.15, -0.1) is 0 Å². The first-order valence-corrected chi connectivity index (χ1v) is 9.89. The molecule has 0 fully saturated rings. The summed E-state index contributed by atoms with van der Waals surface area (Å²) in [5.41, 5.74) is 6.37. The van der Waals surface area contributed by atoms with Crippen LogP contribution in [0.3, 0.4) is 0 Å². The summed E-state index contributed by atoms with van der Waals surface area (Å²) in [6.45, 7) is 1.62. The van der Waals surface area contributed by atoms with Crippen molar-refractivity contribution in [1.82, 2.24) is 10.6 Å². The minimum Gasteiger partial charge on any atom is -0.497 e. The molecule has 9 nitrogen and oxygen atoms in total. The molecule has 1 unspecified atom stereocenters. The van der Waals surface area contributed by atoms with Crippen molar-refractivity contribution < 1.29 is 23.9 Å². The molecule has 32 heavy (non-hydrogen) atoms. The predicted octanol–water partition coefficient (Wildman–Crippen LogP) is 1.46. The van der Waals surface area contributed by atoms with Crippen molar-refractivity contribution in [2.75, 3.05) is 19.0 Å². The Labute approximate surface area is 186 Å². The maximum Gasteiger partial charge on any atom is 0.253 e. The lowest BCUT2D eigenvalue weighted by Crippen LogP contribution is -2.41. The van der Waals surface area contributed by atoms with Gasteiger partial charge in [-0.1, -0.05) is 24.3 Å². The Morgan fingerprint density at radius 2 is 1.75 bits per heavy atom. The highest BCUT2D eigenvalue weighted by molar-refractivity contribution is 6.06. The lowest BCUT2D eigenvalue weighted by atomic mass is 10.1. The molecule has 9 heteroatoms. The average Bonchev–Trinajstić information content (AvgIpc) is 2.78. The molecule has 0 aliphatic heterocycles. The fourth-order valence-electron chi connectivity index (χ4n) is 2.64. The van der Waals surface area contributed by atoms with Gasteiger partial charge in [-0.2, -0.15) is 0 Å². The Balaban J connectivity index is 1.94. The zero-order valence-electron chi connectivity index (χ0n) is 17.9. The van der Waals surface area contributed by atoms with Gasteiger partial charge in [-0.25, -0.2) is 0 Å². The van der Waals surface area contributed by atoms with Crippen molar-refractivity contribution in [2.45, 2.75) is 19.4 Å². The lowest BCUT2D eigenvalue weighted by molar-refractivity contribution is -0.123. The highest BCUT2D eigenvalue weighted by atomic mass is 16.5. The zero-order chi connectivity index (χ0) is 23.5. The van der Waals surface area contributed by atoms with Crippen LogP contribution in [0.4, 0.5) is 5.69 Å². The van der Waals surface area contributed by atoms with Gasteiger partial charge in [0.25, 0.3) is 5.91 Å². The van der Waals surface area contributed by atoms with Crippen LogP contribution in [0.15, 0.2) is 54.6 Å². The van der Waals surface area contributed by atoms with E-state index in [9.17, 15) is 19.2 Å². The molecule has 2 aromatic rings. The van der Waals surface area contributed by atoms with Crippen LogP contribution in [0.25, 0.3) is 6.08 Å². The van der Waals surface area contributed by atoms with E-state index in [0.29, 0.717) is 5.75 Å². The number of methoxy groups -OCH3 is 1. The Hall–Kier alpha value is -4.14. The van der Waals surface area contributed by atoms with Crippen molar-refractivity contribution in [2.24, 2.45) is 5.73 Å². The van der Waals surface area contributed by atoms with E-state index in [0.717, 1.165) is 5.56 Å². The number of para-hydroxylation sites is 1. The second-order valence-corrected chi connectivity index (χ2v) is 6.84. The van der Waals surface area contributed by atoms with Crippen molar-refractivity contribution in [3.05, 3.63) is 65.7 Å². The van der Waals surface area contributed by atoms with Gasteiger partial charge < -0.3 is 26.4 Å². The minimum atomic E-state index is -0.853. The number of hydrogen-bond acceptors (Lipinski definition) is 5. The van der Waals surface area contributed by atoms with Gasteiger partial charge in [-0.05, 0) is 42.8 Å². The van der Waals surface area contributed by atoms with E-state index in [2.05, 4.69) is 16.0 Å². The molecule has 0 aliphatic rings. The Morgan fingerprint density at radius 3 is 2.41 bits per heavy atom. The van der Waals surface area contributed by atoms with Crippen LogP contribution in [0, 0.1) is 0 Å². The first-order chi connectivity index (χ1) is 15.3. The standard InChI is InChI=1S/C23H26N4O5/c1-15(26-21(29)12-9-16-7-10-17(32-2)11-8-16)22(30)27-19-6-4-3-5-18(19)23(31)25-14-13-20(24)28/h3-12,15H,13-14H2,1-2H3,(H2,24,28)(H,25,31)(H,26,29)(H,27,30)/b12-9+. The van der Waals surface area contributed by atoms with E-state index in [-0.39, 0.29) is 24.2 Å². The Kier molecular flexibility index (Phi) is 8.97. The molecule has 0 saturated carbocycles. The number of hydrogen-bond donors (Lipinski definition) is 4. The molecule has 0 aliphatic carbocycles. The SMILES string of the molecule is COc1ccc(/C=C/C(=O)NC(C)C(=O)Nc2ccccc2C(=O)NCCC(N)=O)cc1. The zero-order valence-corrected chi connectivity index (χ0v) is 17.9. The van der Waals surface area contributed by atoms with E-state index < -0.39 is 29.7 Å². The summed E-state index contributed by atoms with van der Waals surface area (Å²) in [6, 6.07) is 12.7. The van der Waals surface area contributed by atoms with Crippen molar-refractivity contribution >= 4 is 35.4 Å². The van der Waals surface area contributed by atoms with E-state index in [1.807, 2.05) is 0 Å². The second-order valence-electron chi connectivity index (χ2n) is 6.84. The highest BCUT2D eigenvalue weighted by Gasteiger charge is 2.18. The number of amides is 4. The predicted molar refractivity (Wildman–Crippen MR) is 121 cm³/mol. The first kappa shape index (κ1) is 24.1. The molecular formula is C23H26N4O5. The summed E-state index contributed by atoms with van der Waals surface area (Å²) in [5.74, 6) is -1.22. The summed E-state index contributed by atoms with van der Waals surface area (Å²) >= 11 is 0. The topological polar surface area (TPSA) is 140 Å². The molecule has 4 amide bonds. The molecule has 0 saturated heterocycles. The number of benzene rings is 2. The molecule has 0 bridgehead atoms. The second kappa shape index (κ2) is 11.9. The Bertz CT molecular complexity index is 1000.